The van der Waals surface area contributed by atoms with E-state index in [1.165, 1.54) is 0 Å². The van der Waals surface area contributed by atoms with Crippen LogP contribution in [-0.2, 0) is 6.42 Å². The largest absolute Gasteiger partial charge is 0.497 e. The summed E-state index contributed by atoms with van der Waals surface area (Å²) in [7, 11) is 3.24. The number of benzene rings is 2. The van der Waals surface area contributed by atoms with Gasteiger partial charge in [0.1, 0.15) is 41.4 Å². The highest BCUT2D eigenvalue weighted by atomic mass is 19.1. The van der Waals surface area contributed by atoms with Gasteiger partial charge in [-0.2, -0.15) is 0 Å². The van der Waals surface area contributed by atoms with E-state index in [0.29, 0.717) is 53.5 Å². The molecule has 0 spiro atoms. The Morgan fingerprint density at radius 2 is 1.79 bits per heavy atom. The number of likely N-dealkylation sites (tertiary alicyclic amines) is 1. The second-order valence-electron chi connectivity index (χ2n) is 10.4. The van der Waals surface area contributed by atoms with Crippen LogP contribution in [0.3, 0.4) is 0 Å². The minimum absolute atomic E-state index is 0.136. The van der Waals surface area contributed by atoms with E-state index in [9.17, 15) is 4.39 Å². The van der Waals surface area contributed by atoms with Gasteiger partial charge in [-0.3, -0.25) is 0 Å². The molecule has 1 saturated heterocycles. The Morgan fingerprint density at radius 3 is 2.45 bits per heavy atom. The molecular formula is C32H38FN5O4. The monoisotopic (exact) mass is 575 g/mol. The maximum atomic E-state index is 12.6. The third-order valence-corrected chi connectivity index (χ3v) is 7.31. The zero-order chi connectivity index (χ0) is 29.5. The van der Waals surface area contributed by atoms with Gasteiger partial charge in [-0.25, -0.2) is 19.3 Å². The quantitative estimate of drug-likeness (QED) is 0.200. The fourth-order valence-electron chi connectivity index (χ4n) is 5.08. The molecule has 2 aromatic heterocycles. The highest BCUT2D eigenvalue weighted by molar-refractivity contribution is 5.77. The first-order chi connectivity index (χ1) is 20.5. The van der Waals surface area contributed by atoms with Crippen LogP contribution in [0.4, 0.5) is 16.0 Å². The maximum absolute atomic E-state index is 12.6. The van der Waals surface area contributed by atoms with Crippen molar-refractivity contribution in [1.82, 2.24) is 19.9 Å². The molecule has 1 aliphatic rings. The third-order valence-electron chi connectivity index (χ3n) is 7.31. The number of aryl methyl sites for hydroxylation is 2. The minimum Gasteiger partial charge on any atom is -0.497 e. The Kier molecular flexibility index (Phi) is 9.53. The minimum atomic E-state index is -0.303. The van der Waals surface area contributed by atoms with Crippen molar-refractivity contribution < 1.29 is 23.0 Å². The number of oxazole rings is 1. The van der Waals surface area contributed by atoms with Gasteiger partial charge in [-0.15, -0.1) is 0 Å². The molecular weight excluding hydrogens is 537 g/mol. The summed E-state index contributed by atoms with van der Waals surface area (Å²) in [5.74, 6) is 3.79. The van der Waals surface area contributed by atoms with Gasteiger partial charge in [0.15, 0.2) is 11.7 Å². The molecule has 2 aromatic carbocycles. The van der Waals surface area contributed by atoms with Crippen molar-refractivity contribution in [2.45, 2.75) is 45.6 Å². The average Bonchev–Trinajstić information content (AvgIpc) is 3.44. The highest BCUT2D eigenvalue weighted by Gasteiger charge is 2.22. The van der Waals surface area contributed by atoms with Crippen LogP contribution >= 0.6 is 0 Å². The molecule has 1 N–H and O–H groups in total. The summed E-state index contributed by atoms with van der Waals surface area (Å²) in [6.45, 7) is 6.03. The standard InChI is InChI=1S/C32H38FN5O4/c1-5-6-29-37-30(22-18-25(39-3)20-26(19-22)40-4)31(42-29)27-9-13-34-32(36-27)35-23-7-8-28(21(2)17-23)41-24-10-14-38(15-11-24)16-12-33/h7-9,13,17-20,24H,5-6,10-12,14-16H2,1-4H3,(H,34,35,36). The van der Waals surface area contributed by atoms with Crippen molar-refractivity contribution in [1.29, 1.82) is 0 Å². The number of halogens is 1. The molecule has 0 amide bonds. The van der Waals surface area contributed by atoms with Crippen molar-refractivity contribution in [3.05, 3.63) is 60.1 Å². The first-order valence-corrected chi connectivity index (χ1v) is 14.4. The maximum Gasteiger partial charge on any atom is 0.227 e. The van der Waals surface area contributed by atoms with Crippen molar-refractivity contribution in [3.8, 4) is 40.0 Å². The van der Waals surface area contributed by atoms with Crippen molar-refractivity contribution in [2.24, 2.45) is 0 Å². The van der Waals surface area contributed by atoms with Crippen LogP contribution < -0.4 is 19.5 Å². The molecule has 9 nitrogen and oxygen atoms in total. The van der Waals surface area contributed by atoms with E-state index < -0.39 is 0 Å². The number of nitrogens with zero attached hydrogens (tertiary/aromatic N) is 4. The lowest BCUT2D eigenvalue weighted by molar-refractivity contribution is 0.0963. The second-order valence-corrected chi connectivity index (χ2v) is 10.4. The van der Waals surface area contributed by atoms with Crippen LogP contribution in [0.25, 0.3) is 22.7 Å². The molecule has 0 radical (unpaired) electrons. The molecule has 0 bridgehead atoms. The smallest absolute Gasteiger partial charge is 0.227 e. The summed E-state index contributed by atoms with van der Waals surface area (Å²) in [5.41, 5.74) is 3.93. The molecule has 5 rings (SSSR count). The lowest BCUT2D eigenvalue weighted by atomic mass is 10.1. The molecule has 1 fully saturated rings. The summed E-state index contributed by atoms with van der Waals surface area (Å²) in [4.78, 5) is 16.2. The Bertz CT molecular complexity index is 1460. The summed E-state index contributed by atoms with van der Waals surface area (Å²) in [5, 5.41) is 3.31. The zero-order valence-corrected chi connectivity index (χ0v) is 24.7. The number of aromatic nitrogens is 3. The average molecular weight is 576 g/mol. The number of piperidine rings is 1. The molecule has 0 saturated carbocycles. The Labute approximate surface area is 246 Å². The normalized spacial score (nSPS) is 14.1. The number of rotatable bonds is 12. The van der Waals surface area contributed by atoms with Gasteiger partial charge in [-0.05, 0) is 68.1 Å². The van der Waals surface area contributed by atoms with Crippen LogP contribution in [0.1, 0.15) is 37.6 Å². The third kappa shape index (κ3) is 6.99. The highest BCUT2D eigenvalue weighted by Crippen LogP contribution is 2.36. The summed E-state index contributed by atoms with van der Waals surface area (Å²) >= 11 is 0. The fourth-order valence-corrected chi connectivity index (χ4v) is 5.08. The number of ether oxygens (including phenoxy) is 3. The number of nitrogens with one attached hydrogen (secondary N) is 1. The molecule has 1 aliphatic heterocycles. The second kappa shape index (κ2) is 13.7. The van der Waals surface area contributed by atoms with Gasteiger partial charge in [0.25, 0.3) is 0 Å². The molecule has 3 heterocycles. The van der Waals surface area contributed by atoms with Gasteiger partial charge in [0.2, 0.25) is 5.95 Å². The van der Waals surface area contributed by atoms with Crippen molar-refractivity contribution >= 4 is 11.6 Å². The number of hydrogen-bond acceptors (Lipinski definition) is 9. The molecule has 4 aromatic rings. The lowest BCUT2D eigenvalue weighted by Crippen LogP contribution is -2.39. The van der Waals surface area contributed by atoms with E-state index in [-0.39, 0.29) is 12.8 Å². The topological polar surface area (TPSA) is 94.8 Å². The van der Waals surface area contributed by atoms with Gasteiger partial charge < -0.3 is 28.8 Å². The predicted molar refractivity (Wildman–Crippen MR) is 161 cm³/mol. The van der Waals surface area contributed by atoms with E-state index in [1.54, 1.807) is 20.4 Å². The first-order valence-electron chi connectivity index (χ1n) is 14.4. The summed E-state index contributed by atoms with van der Waals surface area (Å²) in [6, 6.07) is 13.4. The molecule has 42 heavy (non-hydrogen) atoms. The van der Waals surface area contributed by atoms with Crippen LogP contribution in [-0.4, -0.2) is 66.5 Å². The molecule has 0 atom stereocenters. The molecule has 10 heteroatoms. The number of methoxy groups -OCH3 is 2. The molecule has 0 aliphatic carbocycles. The first kappa shape index (κ1) is 29.3. The van der Waals surface area contributed by atoms with Crippen molar-refractivity contribution in [2.75, 3.05) is 45.8 Å². The van der Waals surface area contributed by atoms with Gasteiger partial charge in [0, 0.05) is 49.6 Å². The van der Waals surface area contributed by atoms with Gasteiger partial charge in [-0.1, -0.05) is 6.92 Å². The molecule has 222 valence electrons. The van der Waals surface area contributed by atoms with Crippen LogP contribution in [0.2, 0.25) is 0 Å². The van der Waals surface area contributed by atoms with E-state index >= 15 is 0 Å². The number of hydrogen-bond donors (Lipinski definition) is 1. The Hall–Kier alpha value is -4.18. The Balaban J connectivity index is 1.35. The lowest BCUT2D eigenvalue weighted by Gasteiger charge is -2.31. The van der Waals surface area contributed by atoms with Crippen LogP contribution in [0, 0.1) is 6.92 Å². The zero-order valence-electron chi connectivity index (χ0n) is 24.7. The predicted octanol–water partition coefficient (Wildman–Crippen LogP) is 6.63. The van der Waals surface area contributed by atoms with Crippen LogP contribution in [0.15, 0.2) is 53.1 Å². The van der Waals surface area contributed by atoms with E-state index in [1.807, 2.05) is 49.4 Å². The number of anilines is 2. The SMILES string of the molecule is CCCc1nc(-c2cc(OC)cc(OC)c2)c(-c2ccnc(Nc3ccc(OC4CCN(CCF)CC4)c(C)c3)n2)o1. The fraction of sp³-hybridized carbons (Fsp3) is 0.406. The summed E-state index contributed by atoms with van der Waals surface area (Å²) in [6.07, 6.45) is 5.22. The van der Waals surface area contributed by atoms with E-state index in [2.05, 4.69) is 22.1 Å². The molecule has 0 unspecified atom stereocenters. The van der Waals surface area contributed by atoms with E-state index in [4.69, 9.17) is 28.6 Å². The summed E-state index contributed by atoms with van der Waals surface area (Å²) < 4.78 is 36.1. The number of alkyl halides is 1. The van der Waals surface area contributed by atoms with Crippen LogP contribution in [0.5, 0.6) is 17.2 Å². The van der Waals surface area contributed by atoms with E-state index in [0.717, 1.165) is 54.9 Å². The van der Waals surface area contributed by atoms with Gasteiger partial charge in [0.05, 0.1) is 14.2 Å². The van der Waals surface area contributed by atoms with Gasteiger partial charge >= 0.3 is 0 Å². The Morgan fingerprint density at radius 1 is 1.02 bits per heavy atom. The van der Waals surface area contributed by atoms with Crippen molar-refractivity contribution in [3.63, 3.8) is 0 Å².